The van der Waals surface area contributed by atoms with Crippen molar-refractivity contribution >= 4 is 52.5 Å². The molecule has 0 spiro atoms. The molecule has 33 heavy (non-hydrogen) atoms. The Morgan fingerprint density at radius 3 is 2.21 bits per heavy atom. The molecule has 166 valence electrons. The molecule has 3 aromatic carbocycles. The predicted molar refractivity (Wildman–Crippen MR) is 134 cm³/mol. The number of carbonyl (C=O) groups is 2. The summed E-state index contributed by atoms with van der Waals surface area (Å²) in [5, 5.41) is 3.35. The number of carbonyl (C=O) groups excluding carboxylic acids is 2. The Labute approximate surface area is 202 Å². The van der Waals surface area contributed by atoms with Crippen molar-refractivity contribution in [1.82, 2.24) is 5.32 Å². The van der Waals surface area contributed by atoms with Crippen molar-refractivity contribution in [2.75, 3.05) is 4.90 Å². The van der Waals surface area contributed by atoms with Crippen molar-refractivity contribution in [3.63, 3.8) is 0 Å². The van der Waals surface area contributed by atoms with Gasteiger partial charge in [0.15, 0.2) is 5.11 Å². The van der Waals surface area contributed by atoms with Crippen LogP contribution in [0.2, 0.25) is 5.02 Å². The fraction of sp³-hybridized carbons (Fsp3) is 0.115. The highest BCUT2D eigenvalue weighted by molar-refractivity contribution is 7.80. The summed E-state index contributed by atoms with van der Waals surface area (Å²) in [5.74, 6) is -0.309. The largest absolute Gasteiger partial charge is 0.489 e. The summed E-state index contributed by atoms with van der Waals surface area (Å²) in [6.45, 7) is 2.46. The summed E-state index contributed by atoms with van der Waals surface area (Å²) in [6, 6.07) is 22.1. The van der Waals surface area contributed by atoms with E-state index in [0.717, 1.165) is 17.5 Å². The molecule has 7 heteroatoms. The number of halogens is 1. The molecule has 0 bridgehead atoms. The first-order valence-corrected chi connectivity index (χ1v) is 11.2. The fourth-order valence-corrected chi connectivity index (χ4v) is 3.75. The Balaban J connectivity index is 1.50. The van der Waals surface area contributed by atoms with E-state index in [2.05, 4.69) is 12.2 Å². The van der Waals surface area contributed by atoms with Gasteiger partial charge in [0, 0.05) is 5.02 Å². The second-order valence-corrected chi connectivity index (χ2v) is 8.29. The van der Waals surface area contributed by atoms with E-state index in [4.69, 9.17) is 28.6 Å². The number of anilines is 1. The molecule has 1 heterocycles. The van der Waals surface area contributed by atoms with Gasteiger partial charge in [-0.25, -0.2) is 0 Å². The minimum Gasteiger partial charge on any atom is -0.489 e. The van der Waals surface area contributed by atoms with Crippen LogP contribution in [0.25, 0.3) is 6.08 Å². The number of hydrogen-bond acceptors (Lipinski definition) is 4. The van der Waals surface area contributed by atoms with Gasteiger partial charge in [0.05, 0.1) is 5.69 Å². The Morgan fingerprint density at radius 1 is 0.939 bits per heavy atom. The van der Waals surface area contributed by atoms with E-state index < -0.39 is 11.8 Å². The van der Waals surface area contributed by atoms with Gasteiger partial charge in [0.1, 0.15) is 17.9 Å². The van der Waals surface area contributed by atoms with Gasteiger partial charge in [0.2, 0.25) is 0 Å². The van der Waals surface area contributed by atoms with Crippen LogP contribution in [-0.4, -0.2) is 16.9 Å². The second-order valence-electron chi connectivity index (χ2n) is 7.46. The molecule has 1 fully saturated rings. The quantitative estimate of drug-likeness (QED) is 0.297. The normalized spacial score (nSPS) is 15.0. The minimum absolute atomic E-state index is 0.0120. The molecule has 1 saturated heterocycles. The Bertz CT molecular complexity index is 1220. The third-order valence-corrected chi connectivity index (χ3v) is 5.75. The third-order valence-electron chi connectivity index (χ3n) is 5.21. The fourth-order valence-electron chi connectivity index (χ4n) is 3.35. The summed E-state index contributed by atoms with van der Waals surface area (Å²) >= 11 is 11.2. The van der Waals surface area contributed by atoms with Gasteiger partial charge in [0.25, 0.3) is 11.8 Å². The van der Waals surface area contributed by atoms with Crippen molar-refractivity contribution in [2.24, 2.45) is 0 Å². The molecule has 0 atom stereocenters. The van der Waals surface area contributed by atoms with Gasteiger partial charge in [-0.15, -0.1) is 0 Å². The number of aryl methyl sites for hydroxylation is 1. The molecule has 0 aromatic heterocycles. The highest BCUT2D eigenvalue weighted by Crippen LogP contribution is 2.23. The number of hydrogen-bond donors (Lipinski definition) is 1. The van der Waals surface area contributed by atoms with Crippen LogP contribution in [0.3, 0.4) is 0 Å². The van der Waals surface area contributed by atoms with Gasteiger partial charge < -0.3 is 4.74 Å². The second kappa shape index (κ2) is 9.98. The Kier molecular flexibility index (Phi) is 6.87. The third kappa shape index (κ3) is 5.30. The Hall–Kier alpha value is -3.48. The number of nitrogens with one attached hydrogen (secondary N) is 1. The first-order chi connectivity index (χ1) is 15.9. The van der Waals surface area contributed by atoms with E-state index in [1.807, 2.05) is 48.5 Å². The lowest BCUT2D eigenvalue weighted by molar-refractivity contribution is -0.122. The molecular formula is C26H21ClN2O3S. The first-order valence-electron chi connectivity index (χ1n) is 10.4. The van der Waals surface area contributed by atoms with Crippen molar-refractivity contribution in [3.05, 3.63) is 100 Å². The molecular weight excluding hydrogens is 456 g/mol. The van der Waals surface area contributed by atoms with E-state index in [1.165, 1.54) is 4.90 Å². The van der Waals surface area contributed by atoms with Crippen molar-refractivity contribution in [3.8, 4) is 5.75 Å². The zero-order chi connectivity index (χ0) is 23.4. The lowest BCUT2D eigenvalue weighted by Gasteiger charge is -2.29. The number of rotatable bonds is 6. The van der Waals surface area contributed by atoms with Gasteiger partial charge in [-0.3, -0.25) is 19.8 Å². The van der Waals surface area contributed by atoms with E-state index in [0.29, 0.717) is 28.6 Å². The maximum absolute atomic E-state index is 13.1. The molecule has 0 radical (unpaired) electrons. The van der Waals surface area contributed by atoms with Crippen LogP contribution in [0.5, 0.6) is 5.75 Å². The molecule has 2 amide bonds. The van der Waals surface area contributed by atoms with Gasteiger partial charge >= 0.3 is 0 Å². The van der Waals surface area contributed by atoms with Crippen molar-refractivity contribution in [1.29, 1.82) is 0 Å². The van der Waals surface area contributed by atoms with Crippen molar-refractivity contribution < 1.29 is 14.3 Å². The van der Waals surface area contributed by atoms with E-state index in [-0.39, 0.29) is 10.7 Å². The minimum atomic E-state index is -0.519. The van der Waals surface area contributed by atoms with Crippen molar-refractivity contribution in [2.45, 2.75) is 20.0 Å². The van der Waals surface area contributed by atoms with Gasteiger partial charge in [-0.05, 0) is 77.8 Å². The molecule has 0 aliphatic carbocycles. The van der Waals surface area contributed by atoms with Crippen LogP contribution in [0.15, 0.2) is 78.4 Å². The molecule has 3 aromatic rings. The molecule has 4 rings (SSSR count). The number of thiocarbonyl (C=S) groups is 1. The van der Waals surface area contributed by atoms with Crippen LogP contribution in [0.4, 0.5) is 5.69 Å². The molecule has 1 N–H and O–H groups in total. The average molecular weight is 477 g/mol. The van der Waals surface area contributed by atoms with Gasteiger partial charge in [-0.2, -0.15) is 0 Å². The maximum Gasteiger partial charge on any atom is 0.270 e. The molecule has 1 aliphatic rings. The van der Waals surface area contributed by atoms with Crippen LogP contribution in [-0.2, 0) is 22.6 Å². The maximum atomic E-state index is 13.1. The highest BCUT2D eigenvalue weighted by Gasteiger charge is 2.34. The number of ether oxygens (including phenoxy) is 1. The van der Waals surface area contributed by atoms with E-state index in [1.54, 1.807) is 30.3 Å². The first kappa shape index (κ1) is 22.7. The van der Waals surface area contributed by atoms with Crippen LogP contribution in [0, 0.1) is 0 Å². The number of amides is 2. The summed E-state index contributed by atoms with van der Waals surface area (Å²) in [6.07, 6.45) is 2.44. The molecule has 0 unspecified atom stereocenters. The van der Waals surface area contributed by atoms with E-state index in [9.17, 15) is 9.59 Å². The average Bonchev–Trinajstić information content (AvgIpc) is 2.82. The van der Waals surface area contributed by atoms with E-state index >= 15 is 0 Å². The monoisotopic (exact) mass is 476 g/mol. The molecule has 1 aliphatic heterocycles. The zero-order valence-electron chi connectivity index (χ0n) is 17.9. The Morgan fingerprint density at radius 2 is 1.58 bits per heavy atom. The van der Waals surface area contributed by atoms with Crippen LogP contribution < -0.4 is 15.0 Å². The highest BCUT2D eigenvalue weighted by atomic mass is 35.5. The summed E-state index contributed by atoms with van der Waals surface area (Å²) in [5.41, 5.74) is 3.46. The predicted octanol–water partition coefficient (Wildman–Crippen LogP) is 5.31. The number of nitrogens with zero attached hydrogens (tertiary/aromatic N) is 1. The topological polar surface area (TPSA) is 58.6 Å². The zero-order valence-corrected chi connectivity index (χ0v) is 19.5. The summed E-state index contributed by atoms with van der Waals surface area (Å²) in [7, 11) is 0. The van der Waals surface area contributed by atoms with Crippen LogP contribution >= 0.6 is 23.8 Å². The number of benzene rings is 3. The SMILES string of the molecule is CCc1ccc(N2C(=O)C(=Cc3ccc(OCc4ccc(Cl)cc4)cc3)C(=O)NC2=S)cc1. The van der Waals surface area contributed by atoms with Crippen LogP contribution in [0.1, 0.15) is 23.6 Å². The smallest absolute Gasteiger partial charge is 0.270 e. The molecule has 0 saturated carbocycles. The standard InChI is InChI=1S/C26H21ClN2O3S/c1-2-17-5-11-21(12-6-17)29-25(31)23(24(30)28-26(29)33)15-18-7-13-22(14-8-18)32-16-19-3-9-20(27)10-4-19/h3-15H,2,16H2,1H3,(H,28,30,33). The lowest BCUT2D eigenvalue weighted by atomic mass is 10.1. The van der Waals surface area contributed by atoms with Gasteiger partial charge in [-0.1, -0.05) is 54.9 Å². The summed E-state index contributed by atoms with van der Waals surface area (Å²) in [4.78, 5) is 27.0. The summed E-state index contributed by atoms with van der Waals surface area (Å²) < 4.78 is 5.79. The molecule has 5 nitrogen and oxygen atoms in total. The lowest BCUT2D eigenvalue weighted by Crippen LogP contribution is -2.54.